The van der Waals surface area contributed by atoms with Crippen LogP contribution < -0.4 is 20.7 Å². The Balaban J connectivity index is 1.54. The Morgan fingerprint density at radius 3 is 2.60 bits per heavy atom. The fourth-order valence-electron chi connectivity index (χ4n) is 4.36. The summed E-state index contributed by atoms with van der Waals surface area (Å²) in [5, 5.41) is 13.4. The summed E-state index contributed by atoms with van der Waals surface area (Å²) in [7, 11) is 1.67. The highest BCUT2D eigenvalue weighted by molar-refractivity contribution is 7.10. The van der Waals surface area contributed by atoms with Gasteiger partial charge in [0.1, 0.15) is 35.1 Å². The number of nitrogens with one attached hydrogen (secondary N) is 3. The summed E-state index contributed by atoms with van der Waals surface area (Å²) in [4.78, 5) is 41.8. The van der Waals surface area contributed by atoms with Crippen molar-refractivity contribution in [3.63, 3.8) is 0 Å². The molecule has 0 radical (unpaired) electrons. The molecule has 3 N–H and O–H groups in total. The summed E-state index contributed by atoms with van der Waals surface area (Å²) in [5.41, 5.74) is 1.99. The predicted molar refractivity (Wildman–Crippen MR) is 154 cm³/mol. The Morgan fingerprint density at radius 1 is 1.15 bits per heavy atom. The van der Waals surface area contributed by atoms with Crippen LogP contribution in [-0.4, -0.2) is 64.5 Å². The van der Waals surface area contributed by atoms with Gasteiger partial charge in [0.15, 0.2) is 0 Å². The lowest BCUT2D eigenvalue weighted by Gasteiger charge is -2.29. The maximum Gasteiger partial charge on any atom is 0.250 e. The lowest BCUT2D eigenvalue weighted by atomic mass is 10.0. The summed E-state index contributed by atoms with van der Waals surface area (Å²) < 4.78 is 9.60. The Bertz CT molecular complexity index is 1380. The van der Waals surface area contributed by atoms with E-state index in [4.69, 9.17) is 4.74 Å². The van der Waals surface area contributed by atoms with Gasteiger partial charge in [-0.25, -0.2) is 0 Å². The number of rotatable bonds is 10. The van der Waals surface area contributed by atoms with Crippen LogP contribution in [0.15, 0.2) is 54.6 Å². The molecular formula is C29H32N6O4S. The fourth-order valence-corrected chi connectivity index (χ4v) is 4.95. The van der Waals surface area contributed by atoms with E-state index in [9.17, 15) is 14.4 Å². The second-order valence-electron chi connectivity index (χ2n) is 9.23. The molecule has 3 atom stereocenters. The lowest BCUT2D eigenvalue weighted by molar-refractivity contribution is -0.140. The number of amides is 3. The SMILES string of the molecule is CC#CCOc1ccc([C@H](NC(=O)[C@H](C)NC)C(=O)N2CCC[C@H]2C(=O)Nc2snnc2-c2ccccc2)cc1. The highest BCUT2D eigenvalue weighted by Crippen LogP contribution is 2.31. The van der Waals surface area contributed by atoms with Crippen molar-refractivity contribution in [2.45, 2.75) is 44.8 Å². The van der Waals surface area contributed by atoms with Gasteiger partial charge >= 0.3 is 0 Å². The van der Waals surface area contributed by atoms with Crippen molar-refractivity contribution in [2.75, 3.05) is 25.5 Å². The van der Waals surface area contributed by atoms with Crippen molar-refractivity contribution in [1.82, 2.24) is 25.1 Å². The molecule has 3 amide bonds. The molecule has 11 heteroatoms. The number of carbonyl (C=O) groups excluding carboxylic acids is 3. The average molecular weight is 561 g/mol. The maximum atomic E-state index is 13.9. The standard InChI is InChI=1S/C29H32N6O4S/c1-4-5-18-39-22-15-13-21(14-16-22)25(31-26(36)19(2)30-3)29(38)35-17-9-12-23(35)27(37)32-28-24(33-34-40-28)20-10-7-6-8-11-20/h6-8,10-11,13-16,19,23,25,30H,9,12,17-18H2,1-3H3,(H,31,36)(H,32,37)/t19-,23-,25-/m0/s1. The van der Waals surface area contributed by atoms with Crippen LogP contribution in [0.25, 0.3) is 11.3 Å². The third-order valence-corrected chi connectivity index (χ3v) is 7.31. The Morgan fingerprint density at radius 2 is 1.90 bits per heavy atom. The molecule has 0 unspecified atom stereocenters. The minimum absolute atomic E-state index is 0.250. The largest absolute Gasteiger partial charge is 0.481 e. The number of likely N-dealkylation sites (N-methyl/N-ethyl adjacent to an activating group) is 1. The molecule has 3 aromatic rings. The minimum atomic E-state index is -0.980. The smallest absolute Gasteiger partial charge is 0.250 e. The van der Waals surface area contributed by atoms with Crippen molar-refractivity contribution < 1.29 is 19.1 Å². The second kappa shape index (κ2) is 13.7. The number of ether oxygens (including phenoxy) is 1. The van der Waals surface area contributed by atoms with E-state index in [1.165, 1.54) is 0 Å². The van der Waals surface area contributed by atoms with E-state index in [1.807, 2.05) is 30.3 Å². The van der Waals surface area contributed by atoms with Gasteiger partial charge in [0.25, 0.3) is 0 Å². The zero-order valence-corrected chi connectivity index (χ0v) is 23.5. The van der Waals surface area contributed by atoms with Crippen molar-refractivity contribution in [2.24, 2.45) is 0 Å². The third-order valence-electron chi connectivity index (χ3n) is 6.67. The number of anilines is 1. The molecule has 0 spiro atoms. The van der Waals surface area contributed by atoms with Crippen molar-refractivity contribution in [3.05, 3.63) is 60.2 Å². The second-order valence-corrected chi connectivity index (χ2v) is 9.99. The summed E-state index contributed by atoms with van der Waals surface area (Å²) in [6.07, 6.45) is 1.17. The van der Waals surface area contributed by atoms with E-state index in [0.29, 0.717) is 41.4 Å². The molecule has 208 valence electrons. The number of aromatic nitrogens is 2. The number of benzene rings is 2. The van der Waals surface area contributed by atoms with Crippen molar-refractivity contribution in [3.8, 4) is 28.8 Å². The van der Waals surface area contributed by atoms with Crippen molar-refractivity contribution >= 4 is 34.3 Å². The predicted octanol–water partition coefficient (Wildman–Crippen LogP) is 3.00. The first kappa shape index (κ1) is 28.7. The number of nitrogens with zero attached hydrogens (tertiary/aromatic N) is 3. The zero-order valence-electron chi connectivity index (χ0n) is 22.6. The summed E-state index contributed by atoms with van der Waals surface area (Å²) in [6, 6.07) is 14.2. The first-order valence-corrected chi connectivity index (χ1v) is 13.8. The maximum absolute atomic E-state index is 13.9. The fraction of sp³-hybridized carbons (Fsp3) is 0.345. The van der Waals surface area contributed by atoms with Gasteiger partial charge in [-0.05, 0) is 51.4 Å². The van der Waals surface area contributed by atoms with Gasteiger partial charge in [-0.1, -0.05) is 52.9 Å². The Kier molecular flexibility index (Phi) is 9.83. The van der Waals surface area contributed by atoms with Gasteiger partial charge in [-0.3, -0.25) is 14.4 Å². The molecule has 1 saturated heterocycles. The molecule has 0 aliphatic carbocycles. The van der Waals surface area contributed by atoms with Crippen LogP contribution in [-0.2, 0) is 14.4 Å². The molecule has 2 aromatic carbocycles. The highest BCUT2D eigenvalue weighted by Gasteiger charge is 2.39. The topological polar surface area (TPSA) is 126 Å². The van der Waals surface area contributed by atoms with Gasteiger partial charge in [0.05, 0.1) is 6.04 Å². The minimum Gasteiger partial charge on any atom is -0.481 e. The molecule has 0 bridgehead atoms. The monoisotopic (exact) mass is 560 g/mol. The van der Waals surface area contributed by atoms with E-state index < -0.39 is 18.1 Å². The molecule has 2 heterocycles. The third kappa shape index (κ3) is 6.83. The normalized spacial score (nSPS) is 15.9. The van der Waals surface area contributed by atoms with Crippen LogP contribution in [0.4, 0.5) is 5.00 Å². The van der Waals surface area contributed by atoms with E-state index in [-0.39, 0.29) is 24.3 Å². The molecule has 40 heavy (non-hydrogen) atoms. The average Bonchev–Trinajstić information content (AvgIpc) is 3.66. The number of likely N-dealkylation sites (tertiary alicyclic amines) is 1. The van der Waals surface area contributed by atoms with Crippen molar-refractivity contribution in [1.29, 1.82) is 0 Å². The molecule has 1 aliphatic rings. The van der Waals surface area contributed by atoms with E-state index in [0.717, 1.165) is 17.1 Å². The lowest BCUT2D eigenvalue weighted by Crippen LogP contribution is -2.51. The van der Waals surface area contributed by atoms with E-state index in [1.54, 1.807) is 50.1 Å². The van der Waals surface area contributed by atoms with Crippen LogP contribution in [0.2, 0.25) is 0 Å². The molecule has 4 rings (SSSR count). The zero-order chi connectivity index (χ0) is 28.5. The molecule has 0 saturated carbocycles. The first-order valence-electron chi connectivity index (χ1n) is 13.0. The van der Waals surface area contributed by atoms with Gasteiger partial charge in [-0.2, -0.15) is 0 Å². The van der Waals surface area contributed by atoms with Crippen LogP contribution in [0.1, 0.15) is 38.3 Å². The van der Waals surface area contributed by atoms with Gasteiger partial charge in [0, 0.05) is 23.6 Å². The first-order chi connectivity index (χ1) is 19.4. The molecular weight excluding hydrogens is 528 g/mol. The van der Waals surface area contributed by atoms with Gasteiger partial charge < -0.3 is 25.6 Å². The number of hydrogen-bond acceptors (Lipinski definition) is 8. The molecule has 1 aromatic heterocycles. The van der Waals surface area contributed by atoms with E-state index >= 15 is 0 Å². The molecule has 1 aliphatic heterocycles. The highest BCUT2D eigenvalue weighted by atomic mass is 32.1. The van der Waals surface area contributed by atoms with E-state index in [2.05, 4.69) is 37.4 Å². The van der Waals surface area contributed by atoms with Crippen LogP contribution >= 0.6 is 11.5 Å². The van der Waals surface area contributed by atoms with Crippen LogP contribution in [0, 0.1) is 11.8 Å². The summed E-state index contributed by atoms with van der Waals surface area (Å²) in [6.45, 7) is 4.09. The quantitative estimate of drug-likeness (QED) is 0.326. The molecule has 1 fully saturated rings. The number of carbonyl (C=O) groups is 3. The summed E-state index contributed by atoms with van der Waals surface area (Å²) in [5.74, 6) is 5.20. The summed E-state index contributed by atoms with van der Waals surface area (Å²) >= 11 is 1.09. The van der Waals surface area contributed by atoms with Gasteiger partial charge in [0.2, 0.25) is 17.7 Å². The van der Waals surface area contributed by atoms with Crippen LogP contribution in [0.5, 0.6) is 5.75 Å². The Hall–Kier alpha value is -4.27. The van der Waals surface area contributed by atoms with Gasteiger partial charge in [-0.15, -0.1) is 11.0 Å². The molecule has 10 nitrogen and oxygen atoms in total. The Labute approximate surface area is 237 Å². The van der Waals surface area contributed by atoms with Crippen LogP contribution in [0.3, 0.4) is 0 Å². The number of hydrogen-bond donors (Lipinski definition) is 3.